The normalized spacial score (nSPS) is 9.96. The van der Waals surface area contributed by atoms with Gasteiger partial charge in [-0.05, 0) is 41.9 Å². The summed E-state index contributed by atoms with van der Waals surface area (Å²) in [7, 11) is 0. The van der Waals surface area contributed by atoms with Crippen molar-refractivity contribution in [3.05, 3.63) is 70.7 Å². The zero-order valence-corrected chi connectivity index (χ0v) is 15.0. The molecule has 2 aromatic carbocycles. The van der Waals surface area contributed by atoms with Gasteiger partial charge in [0.15, 0.2) is 5.11 Å². The lowest BCUT2D eigenvalue weighted by atomic mass is 10.1. The van der Waals surface area contributed by atoms with Gasteiger partial charge in [-0.1, -0.05) is 54.1 Å². The summed E-state index contributed by atoms with van der Waals surface area (Å²) in [5, 5.41) is 3.20. The number of thiocarbonyl (C=S) groups is 1. The topological polar surface area (TPSA) is 70.2 Å². The number of rotatable bonds is 5. The highest BCUT2D eigenvalue weighted by Gasteiger charge is 2.07. The molecule has 0 unspecified atom stereocenters. The summed E-state index contributed by atoms with van der Waals surface area (Å²) >= 11 is 10.8. The smallest absolute Gasteiger partial charge is 0.242 e. The Morgan fingerprint density at radius 3 is 2.24 bits per heavy atom. The SMILES string of the molecule is O=C(Cc1ccc(Cl)cc1)NNC(=S)NC(=O)CCc1ccccc1. The van der Waals surface area contributed by atoms with E-state index in [1.807, 2.05) is 30.3 Å². The van der Waals surface area contributed by atoms with E-state index in [1.54, 1.807) is 24.3 Å². The molecule has 0 aliphatic heterocycles. The highest BCUT2D eigenvalue weighted by atomic mass is 35.5. The quantitative estimate of drug-likeness (QED) is 0.555. The van der Waals surface area contributed by atoms with Crippen LogP contribution in [-0.4, -0.2) is 16.9 Å². The first-order chi connectivity index (χ1) is 12.0. The van der Waals surface area contributed by atoms with Gasteiger partial charge < -0.3 is 5.32 Å². The van der Waals surface area contributed by atoms with Crippen LogP contribution in [0.15, 0.2) is 54.6 Å². The van der Waals surface area contributed by atoms with Crippen molar-refractivity contribution in [3.8, 4) is 0 Å². The van der Waals surface area contributed by atoms with Gasteiger partial charge >= 0.3 is 0 Å². The molecule has 2 amide bonds. The monoisotopic (exact) mass is 375 g/mol. The minimum absolute atomic E-state index is 0.0579. The molecule has 0 saturated heterocycles. The molecule has 0 aliphatic carbocycles. The molecule has 0 fully saturated rings. The molecule has 0 bridgehead atoms. The molecular formula is C18H18ClN3O2S. The third-order valence-corrected chi connectivity index (χ3v) is 3.79. The van der Waals surface area contributed by atoms with Crippen LogP contribution >= 0.6 is 23.8 Å². The maximum atomic E-state index is 11.8. The summed E-state index contributed by atoms with van der Waals surface area (Å²) in [5.74, 6) is -0.489. The van der Waals surface area contributed by atoms with Crippen LogP contribution < -0.4 is 16.2 Å². The number of amides is 2. The van der Waals surface area contributed by atoms with Gasteiger partial charge in [-0.3, -0.25) is 20.4 Å². The van der Waals surface area contributed by atoms with E-state index in [-0.39, 0.29) is 23.3 Å². The van der Waals surface area contributed by atoms with Crippen LogP contribution in [0, 0.1) is 0 Å². The van der Waals surface area contributed by atoms with Crippen molar-refractivity contribution in [3.63, 3.8) is 0 Å². The molecule has 0 saturated carbocycles. The van der Waals surface area contributed by atoms with E-state index >= 15 is 0 Å². The Morgan fingerprint density at radius 1 is 0.880 bits per heavy atom. The molecule has 5 nitrogen and oxygen atoms in total. The van der Waals surface area contributed by atoms with Gasteiger partial charge in [0.05, 0.1) is 6.42 Å². The summed E-state index contributed by atoms with van der Waals surface area (Å²) < 4.78 is 0. The second-order valence-corrected chi connectivity index (χ2v) is 6.18. The molecule has 3 N–H and O–H groups in total. The van der Waals surface area contributed by atoms with Gasteiger partial charge in [0.1, 0.15) is 0 Å². The Labute approximate surface area is 156 Å². The molecule has 130 valence electrons. The van der Waals surface area contributed by atoms with Crippen molar-refractivity contribution < 1.29 is 9.59 Å². The second kappa shape index (κ2) is 9.76. The summed E-state index contributed by atoms with van der Waals surface area (Å²) in [6, 6.07) is 16.7. The molecule has 2 aromatic rings. The van der Waals surface area contributed by atoms with Gasteiger partial charge in [0.2, 0.25) is 11.8 Å². The third kappa shape index (κ3) is 7.32. The lowest BCUT2D eigenvalue weighted by Gasteiger charge is -2.11. The highest BCUT2D eigenvalue weighted by Crippen LogP contribution is 2.09. The second-order valence-electron chi connectivity index (χ2n) is 5.34. The average molecular weight is 376 g/mol. The fourth-order valence-electron chi connectivity index (χ4n) is 2.08. The van der Waals surface area contributed by atoms with Crippen LogP contribution in [-0.2, 0) is 22.4 Å². The predicted octanol–water partition coefficient (Wildman–Crippen LogP) is 2.54. The van der Waals surface area contributed by atoms with E-state index in [4.69, 9.17) is 23.8 Å². The number of aryl methyl sites for hydroxylation is 1. The zero-order valence-electron chi connectivity index (χ0n) is 13.4. The maximum Gasteiger partial charge on any atom is 0.242 e. The van der Waals surface area contributed by atoms with Crippen LogP contribution in [0.3, 0.4) is 0 Å². The number of hydrazine groups is 1. The van der Waals surface area contributed by atoms with E-state index < -0.39 is 0 Å². The largest absolute Gasteiger partial charge is 0.302 e. The summed E-state index contributed by atoms with van der Waals surface area (Å²) in [6.45, 7) is 0. The number of hydrogen-bond acceptors (Lipinski definition) is 3. The molecule has 0 atom stereocenters. The van der Waals surface area contributed by atoms with Crippen molar-refractivity contribution >= 4 is 40.7 Å². The molecule has 0 heterocycles. The molecule has 0 aromatic heterocycles. The fourth-order valence-corrected chi connectivity index (χ4v) is 2.37. The molecule has 0 aliphatic rings. The van der Waals surface area contributed by atoms with E-state index in [2.05, 4.69) is 16.2 Å². The Hall–Kier alpha value is -2.44. The van der Waals surface area contributed by atoms with Gasteiger partial charge in [0.25, 0.3) is 0 Å². The Morgan fingerprint density at radius 2 is 1.56 bits per heavy atom. The first kappa shape index (κ1) is 18.9. The lowest BCUT2D eigenvalue weighted by molar-refractivity contribution is -0.122. The van der Waals surface area contributed by atoms with E-state index in [0.29, 0.717) is 17.9 Å². The van der Waals surface area contributed by atoms with E-state index in [9.17, 15) is 9.59 Å². The van der Waals surface area contributed by atoms with Gasteiger partial charge in [-0.2, -0.15) is 0 Å². The molecular weight excluding hydrogens is 358 g/mol. The summed E-state index contributed by atoms with van der Waals surface area (Å²) in [6.07, 6.45) is 1.11. The van der Waals surface area contributed by atoms with Crippen molar-refractivity contribution in [1.29, 1.82) is 0 Å². The standard InChI is InChI=1S/C18H18ClN3O2S/c19-15-9-6-14(7-10-15)12-17(24)21-22-18(25)20-16(23)11-8-13-4-2-1-3-5-13/h1-7,9-10H,8,11-12H2,(H,21,24)(H2,20,22,23,25). The predicted molar refractivity (Wildman–Crippen MR) is 102 cm³/mol. The average Bonchev–Trinajstić information content (AvgIpc) is 2.61. The number of nitrogens with one attached hydrogen (secondary N) is 3. The summed E-state index contributed by atoms with van der Waals surface area (Å²) in [4.78, 5) is 23.6. The van der Waals surface area contributed by atoms with E-state index in [1.165, 1.54) is 0 Å². The van der Waals surface area contributed by atoms with Crippen molar-refractivity contribution in [2.75, 3.05) is 0 Å². The molecule has 25 heavy (non-hydrogen) atoms. The van der Waals surface area contributed by atoms with Crippen molar-refractivity contribution in [1.82, 2.24) is 16.2 Å². The van der Waals surface area contributed by atoms with Crippen molar-refractivity contribution in [2.45, 2.75) is 19.3 Å². The van der Waals surface area contributed by atoms with Crippen LogP contribution in [0.25, 0.3) is 0 Å². The zero-order chi connectivity index (χ0) is 18.1. The molecule has 0 radical (unpaired) electrons. The highest BCUT2D eigenvalue weighted by molar-refractivity contribution is 7.80. The Bertz CT molecular complexity index is 736. The summed E-state index contributed by atoms with van der Waals surface area (Å²) in [5.41, 5.74) is 6.86. The molecule has 7 heteroatoms. The maximum absolute atomic E-state index is 11.8. The Kier molecular flexibility index (Phi) is 7.37. The van der Waals surface area contributed by atoms with Gasteiger partial charge in [0, 0.05) is 11.4 Å². The van der Waals surface area contributed by atoms with E-state index in [0.717, 1.165) is 11.1 Å². The Balaban J connectivity index is 1.66. The number of hydrogen-bond donors (Lipinski definition) is 3. The third-order valence-electron chi connectivity index (χ3n) is 3.33. The minimum atomic E-state index is -0.275. The number of halogens is 1. The molecule has 0 spiro atoms. The van der Waals surface area contributed by atoms with Gasteiger partial charge in [-0.25, -0.2) is 0 Å². The molecule has 2 rings (SSSR count). The van der Waals surface area contributed by atoms with Crippen LogP contribution in [0.4, 0.5) is 0 Å². The van der Waals surface area contributed by atoms with Crippen molar-refractivity contribution in [2.24, 2.45) is 0 Å². The fraction of sp³-hybridized carbons (Fsp3) is 0.167. The van der Waals surface area contributed by atoms with Crippen LogP contribution in [0.5, 0.6) is 0 Å². The minimum Gasteiger partial charge on any atom is -0.302 e. The van der Waals surface area contributed by atoms with Crippen LogP contribution in [0.2, 0.25) is 5.02 Å². The number of carbonyl (C=O) groups excluding carboxylic acids is 2. The first-order valence-corrected chi connectivity index (χ1v) is 8.48. The lowest BCUT2D eigenvalue weighted by Crippen LogP contribution is -2.48. The number of carbonyl (C=O) groups is 2. The number of benzene rings is 2. The first-order valence-electron chi connectivity index (χ1n) is 7.70. The van der Waals surface area contributed by atoms with Crippen LogP contribution in [0.1, 0.15) is 17.5 Å². The van der Waals surface area contributed by atoms with Gasteiger partial charge in [-0.15, -0.1) is 0 Å².